The molecule has 0 aromatic heterocycles. The molecule has 0 saturated carbocycles. The molecule has 1 aliphatic carbocycles. The third-order valence-corrected chi connectivity index (χ3v) is 2.39. The van der Waals surface area contributed by atoms with Gasteiger partial charge < -0.3 is 9.84 Å². The molecule has 0 unspecified atom stereocenters. The molecule has 3 heteroatoms. The van der Waals surface area contributed by atoms with Crippen LogP contribution < -0.4 is 5.73 Å². The molecule has 0 heterocycles. The Morgan fingerprint density at radius 1 is 1.31 bits per heavy atom. The van der Waals surface area contributed by atoms with Gasteiger partial charge in [-0.2, -0.15) is 0 Å². The van der Waals surface area contributed by atoms with E-state index in [0.29, 0.717) is 5.92 Å². The largest absolute Gasteiger partial charge is 0.396 e. The van der Waals surface area contributed by atoms with E-state index in [2.05, 4.69) is 12.2 Å². The van der Waals surface area contributed by atoms with Crippen LogP contribution in [-0.2, 0) is 4.74 Å². The molecule has 0 radical (unpaired) electrons. The Bertz CT molecular complexity index is 262. The second-order valence-corrected chi connectivity index (χ2v) is 5.32. The molecular weight excluding hydrogens is 202 g/mol. The quantitative estimate of drug-likeness (QED) is 0.568. The monoisotopic (exact) mass is 225 g/mol. The van der Waals surface area contributed by atoms with E-state index in [1.807, 2.05) is 32.9 Å². The first-order valence-corrected chi connectivity index (χ1v) is 5.83. The SMILES string of the molecule is CC(C)(C)OC1(N)C=CC(CCCO)C=C1. The standard InChI is InChI=1S/C13H23NO2/c1-12(2,3)16-13(14)8-6-11(7-9-13)5-4-10-15/h6-9,11,15H,4-5,10,14H2,1-3H3. The molecule has 0 saturated heterocycles. The summed E-state index contributed by atoms with van der Waals surface area (Å²) in [6, 6.07) is 0. The number of ether oxygens (including phenoxy) is 1. The zero-order valence-corrected chi connectivity index (χ0v) is 10.4. The summed E-state index contributed by atoms with van der Waals surface area (Å²) in [5, 5.41) is 8.75. The fourth-order valence-corrected chi connectivity index (χ4v) is 1.79. The summed E-state index contributed by atoms with van der Waals surface area (Å²) < 4.78 is 5.77. The van der Waals surface area contributed by atoms with Crippen molar-refractivity contribution in [1.82, 2.24) is 0 Å². The molecule has 0 spiro atoms. The van der Waals surface area contributed by atoms with Crippen molar-refractivity contribution in [3.05, 3.63) is 24.3 Å². The Balaban J connectivity index is 2.54. The summed E-state index contributed by atoms with van der Waals surface area (Å²) in [6.07, 6.45) is 9.69. The van der Waals surface area contributed by atoms with Crippen molar-refractivity contribution in [3.8, 4) is 0 Å². The van der Waals surface area contributed by atoms with Crippen LogP contribution in [0.2, 0.25) is 0 Å². The average molecular weight is 225 g/mol. The molecule has 92 valence electrons. The summed E-state index contributed by atoms with van der Waals surface area (Å²) in [7, 11) is 0. The first kappa shape index (κ1) is 13.4. The van der Waals surface area contributed by atoms with Gasteiger partial charge in [0.1, 0.15) is 0 Å². The van der Waals surface area contributed by atoms with E-state index in [9.17, 15) is 0 Å². The van der Waals surface area contributed by atoms with Gasteiger partial charge in [-0.1, -0.05) is 12.2 Å². The Morgan fingerprint density at radius 2 is 1.88 bits per heavy atom. The molecule has 0 fully saturated rings. The predicted octanol–water partition coefficient (Wildman–Crippen LogP) is 1.97. The number of rotatable bonds is 4. The predicted molar refractivity (Wildman–Crippen MR) is 65.8 cm³/mol. The van der Waals surface area contributed by atoms with Gasteiger partial charge in [0.15, 0.2) is 5.72 Å². The van der Waals surface area contributed by atoms with E-state index in [-0.39, 0.29) is 12.2 Å². The van der Waals surface area contributed by atoms with Gasteiger partial charge in [-0.25, -0.2) is 0 Å². The number of hydrogen-bond acceptors (Lipinski definition) is 3. The minimum atomic E-state index is -0.784. The van der Waals surface area contributed by atoms with Crippen LogP contribution in [0.15, 0.2) is 24.3 Å². The van der Waals surface area contributed by atoms with Crippen LogP contribution in [0, 0.1) is 5.92 Å². The van der Waals surface area contributed by atoms with Gasteiger partial charge in [0.05, 0.1) is 5.60 Å². The van der Waals surface area contributed by atoms with E-state index in [1.54, 1.807) is 0 Å². The number of allylic oxidation sites excluding steroid dienone is 2. The molecule has 0 aromatic rings. The Morgan fingerprint density at radius 3 is 2.31 bits per heavy atom. The van der Waals surface area contributed by atoms with Crippen molar-refractivity contribution >= 4 is 0 Å². The van der Waals surface area contributed by atoms with E-state index in [1.165, 1.54) is 0 Å². The second kappa shape index (κ2) is 5.13. The van der Waals surface area contributed by atoms with Gasteiger partial charge in [0, 0.05) is 6.61 Å². The molecule has 0 atom stereocenters. The number of aliphatic hydroxyl groups is 1. The lowest BCUT2D eigenvalue weighted by atomic mass is 9.94. The minimum Gasteiger partial charge on any atom is -0.396 e. The maximum atomic E-state index is 8.75. The topological polar surface area (TPSA) is 55.5 Å². The second-order valence-electron chi connectivity index (χ2n) is 5.32. The minimum absolute atomic E-state index is 0.241. The number of hydrogen-bond donors (Lipinski definition) is 2. The van der Waals surface area contributed by atoms with Crippen LogP contribution in [0.3, 0.4) is 0 Å². The molecule has 1 rings (SSSR count). The van der Waals surface area contributed by atoms with Crippen molar-refractivity contribution in [2.45, 2.75) is 44.9 Å². The van der Waals surface area contributed by atoms with E-state index < -0.39 is 5.72 Å². The molecule has 16 heavy (non-hydrogen) atoms. The number of nitrogens with two attached hydrogens (primary N) is 1. The molecule has 0 aromatic carbocycles. The van der Waals surface area contributed by atoms with E-state index in [4.69, 9.17) is 15.6 Å². The summed E-state index contributed by atoms with van der Waals surface area (Å²) in [4.78, 5) is 0. The van der Waals surface area contributed by atoms with Crippen LogP contribution in [0.5, 0.6) is 0 Å². The van der Waals surface area contributed by atoms with Crippen LogP contribution in [0.1, 0.15) is 33.6 Å². The molecule has 1 aliphatic rings. The summed E-state index contributed by atoms with van der Waals surface area (Å²) in [6.45, 7) is 6.20. The molecule has 0 bridgehead atoms. The highest BCUT2D eigenvalue weighted by molar-refractivity contribution is 5.21. The molecule has 0 aliphatic heterocycles. The van der Waals surface area contributed by atoms with Crippen molar-refractivity contribution in [3.63, 3.8) is 0 Å². The highest BCUT2D eigenvalue weighted by Crippen LogP contribution is 2.25. The lowest BCUT2D eigenvalue weighted by Crippen LogP contribution is -2.45. The zero-order valence-electron chi connectivity index (χ0n) is 10.4. The fourth-order valence-electron chi connectivity index (χ4n) is 1.79. The Labute approximate surface area is 98.0 Å². The van der Waals surface area contributed by atoms with Crippen molar-refractivity contribution in [1.29, 1.82) is 0 Å². The van der Waals surface area contributed by atoms with Crippen LogP contribution >= 0.6 is 0 Å². The number of aliphatic hydroxyl groups excluding tert-OH is 1. The van der Waals surface area contributed by atoms with Crippen LogP contribution in [-0.4, -0.2) is 23.0 Å². The van der Waals surface area contributed by atoms with Crippen LogP contribution in [0.4, 0.5) is 0 Å². The molecular formula is C13H23NO2. The van der Waals surface area contributed by atoms with Gasteiger partial charge >= 0.3 is 0 Å². The molecule has 3 N–H and O–H groups in total. The highest BCUT2D eigenvalue weighted by Gasteiger charge is 2.28. The third-order valence-electron chi connectivity index (χ3n) is 2.39. The molecule has 0 amide bonds. The summed E-state index contributed by atoms with van der Waals surface area (Å²) >= 11 is 0. The Hall–Kier alpha value is -0.640. The Kier molecular flexibility index (Phi) is 4.30. The smallest absolute Gasteiger partial charge is 0.155 e. The van der Waals surface area contributed by atoms with Crippen molar-refractivity contribution in [2.24, 2.45) is 11.7 Å². The maximum absolute atomic E-state index is 8.75. The highest BCUT2D eigenvalue weighted by atomic mass is 16.5. The third kappa shape index (κ3) is 4.47. The van der Waals surface area contributed by atoms with Gasteiger partial charge in [-0.15, -0.1) is 0 Å². The van der Waals surface area contributed by atoms with Crippen molar-refractivity contribution in [2.75, 3.05) is 6.61 Å². The van der Waals surface area contributed by atoms with Gasteiger partial charge in [-0.05, 0) is 51.7 Å². The lowest BCUT2D eigenvalue weighted by molar-refractivity contribution is -0.0775. The maximum Gasteiger partial charge on any atom is 0.155 e. The van der Waals surface area contributed by atoms with Crippen LogP contribution in [0.25, 0.3) is 0 Å². The summed E-state index contributed by atoms with van der Waals surface area (Å²) in [5.74, 6) is 0.368. The van der Waals surface area contributed by atoms with Gasteiger partial charge in [0.2, 0.25) is 0 Å². The van der Waals surface area contributed by atoms with Crippen molar-refractivity contribution < 1.29 is 9.84 Å². The van der Waals surface area contributed by atoms with Gasteiger partial charge in [0.25, 0.3) is 0 Å². The first-order chi connectivity index (χ1) is 7.35. The average Bonchev–Trinajstić information content (AvgIpc) is 2.14. The normalized spacial score (nSPS) is 29.7. The first-order valence-electron chi connectivity index (χ1n) is 5.83. The summed E-state index contributed by atoms with van der Waals surface area (Å²) in [5.41, 5.74) is 5.04. The lowest BCUT2D eigenvalue weighted by Gasteiger charge is -2.34. The van der Waals surface area contributed by atoms with E-state index in [0.717, 1.165) is 12.8 Å². The van der Waals surface area contributed by atoms with E-state index >= 15 is 0 Å². The van der Waals surface area contributed by atoms with Gasteiger partial charge in [-0.3, -0.25) is 5.73 Å². The zero-order chi connectivity index (χ0) is 12.2. The fraction of sp³-hybridized carbons (Fsp3) is 0.692. The molecule has 3 nitrogen and oxygen atoms in total.